The van der Waals surface area contributed by atoms with E-state index >= 15 is 0 Å². The van der Waals surface area contributed by atoms with Gasteiger partial charge in [0.05, 0.1) is 11.4 Å². The van der Waals surface area contributed by atoms with Crippen molar-refractivity contribution in [2.75, 3.05) is 25.5 Å². The highest BCUT2D eigenvalue weighted by molar-refractivity contribution is 7.89. The minimum atomic E-state index is -3.62. The molecule has 1 atom stereocenters. The van der Waals surface area contributed by atoms with Gasteiger partial charge in [0.15, 0.2) is 0 Å². The summed E-state index contributed by atoms with van der Waals surface area (Å²) in [5.41, 5.74) is 0.915. The average Bonchev–Trinajstić information content (AvgIpc) is 2.97. The van der Waals surface area contributed by atoms with Crippen molar-refractivity contribution < 1.29 is 23.1 Å². The molecule has 1 heterocycles. The van der Waals surface area contributed by atoms with E-state index in [9.17, 15) is 18.0 Å². The number of carbonyl (C=O) groups is 2. The van der Waals surface area contributed by atoms with Crippen LogP contribution in [0, 0.1) is 6.92 Å². The first-order valence-corrected chi connectivity index (χ1v) is 9.04. The third-order valence-electron chi connectivity index (χ3n) is 4.03. The van der Waals surface area contributed by atoms with Gasteiger partial charge in [-0.25, -0.2) is 13.1 Å². The number of rotatable bonds is 6. The number of likely N-dealkylation sites (tertiary alicyclic amines) is 1. The van der Waals surface area contributed by atoms with Crippen LogP contribution < -0.4 is 10.0 Å². The van der Waals surface area contributed by atoms with E-state index in [1.54, 1.807) is 24.0 Å². The van der Waals surface area contributed by atoms with E-state index in [4.69, 9.17) is 5.11 Å². The van der Waals surface area contributed by atoms with E-state index < -0.39 is 22.0 Å². The zero-order valence-corrected chi connectivity index (χ0v) is 15.6. The number of sulfonamides is 1. The van der Waals surface area contributed by atoms with Gasteiger partial charge in [0.1, 0.15) is 6.04 Å². The molecule has 1 amide bonds. The lowest BCUT2D eigenvalue weighted by Crippen LogP contribution is -2.40. The molecule has 1 aliphatic heterocycles. The van der Waals surface area contributed by atoms with Gasteiger partial charge in [-0.15, -0.1) is 12.4 Å². The second kappa shape index (κ2) is 8.61. The minimum absolute atomic E-state index is 0. The number of halogens is 1. The second-order valence-corrected chi connectivity index (χ2v) is 7.56. The van der Waals surface area contributed by atoms with E-state index in [1.807, 2.05) is 0 Å². The summed E-state index contributed by atoms with van der Waals surface area (Å²) in [4.78, 5) is 25.0. The van der Waals surface area contributed by atoms with Gasteiger partial charge in [0.2, 0.25) is 15.9 Å². The van der Waals surface area contributed by atoms with Gasteiger partial charge in [-0.3, -0.25) is 14.5 Å². The number of carboxylic acids is 1. The number of aliphatic carboxylic acids is 1. The summed E-state index contributed by atoms with van der Waals surface area (Å²) in [7, 11) is -2.30. The SMILES string of the molecule is CNS(=O)(=O)c1cc(NC(=O)CN2CCCC2C(=O)O)ccc1C.Cl. The number of hydrogen-bond donors (Lipinski definition) is 3. The summed E-state index contributed by atoms with van der Waals surface area (Å²) < 4.78 is 26.2. The zero-order valence-electron chi connectivity index (χ0n) is 14.0. The Kier molecular flexibility index (Phi) is 7.36. The molecule has 1 unspecified atom stereocenters. The van der Waals surface area contributed by atoms with Crippen molar-refractivity contribution >= 4 is 40.0 Å². The molecule has 0 saturated carbocycles. The number of carbonyl (C=O) groups excluding carboxylic acids is 1. The molecule has 1 aromatic rings. The van der Waals surface area contributed by atoms with Crippen LogP contribution in [0.25, 0.3) is 0 Å². The average molecular weight is 392 g/mol. The highest BCUT2D eigenvalue weighted by atomic mass is 35.5. The van der Waals surface area contributed by atoms with E-state index in [1.165, 1.54) is 13.1 Å². The molecule has 8 nitrogen and oxygen atoms in total. The van der Waals surface area contributed by atoms with Crippen LogP contribution in [0.4, 0.5) is 5.69 Å². The van der Waals surface area contributed by atoms with Crippen LogP contribution in [-0.4, -0.2) is 56.5 Å². The maximum atomic E-state index is 12.1. The fourth-order valence-corrected chi connectivity index (χ4v) is 3.75. The molecule has 0 bridgehead atoms. The van der Waals surface area contributed by atoms with Crippen LogP contribution in [0.15, 0.2) is 23.1 Å². The summed E-state index contributed by atoms with van der Waals surface area (Å²) >= 11 is 0. The molecule has 0 aliphatic carbocycles. The first kappa shape index (κ1) is 21.4. The zero-order chi connectivity index (χ0) is 17.9. The van der Waals surface area contributed by atoms with Gasteiger partial charge in [-0.1, -0.05) is 6.07 Å². The van der Waals surface area contributed by atoms with E-state index in [0.29, 0.717) is 24.2 Å². The van der Waals surface area contributed by atoms with Crippen molar-refractivity contribution in [2.24, 2.45) is 0 Å². The molecule has 1 fully saturated rings. The van der Waals surface area contributed by atoms with Crippen molar-refractivity contribution in [1.29, 1.82) is 0 Å². The maximum Gasteiger partial charge on any atom is 0.320 e. The highest BCUT2D eigenvalue weighted by Gasteiger charge is 2.31. The summed E-state index contributed by atoms with van der Waals surface area (Å²) in [6.45, 7) is 2.17. The lowest BCUT2D eigenvalue weighted by atomic mass is 10.2. The van der Waals surface area contributed by atoms with Crippen LogP contribution in [0.2, 0.25) is 0 Å². The van der Waals surface area contributed by atoms with Crippen molar-refractivity contribution in [1.82, 2.24) is 9.62 Å². The summed E-state index contributed by atoms with van der Waals surface area (Å²) in [5, 5.41) is 11.7. The quantitative estimate of drug-likeness (QED) is 0.661. The molecule has 2 rings (SSSR count). The molecule has 10 heteroatoms. The second-order valence-electron chi connectivity index (χ2n) is 5.70. The highest BCUT2D eigenvalue weighted by Crippen LogP contribution is 2.21. The summed E-state index contributed by atoms with van der Waals surface area (Å²) in [6, 6.07) is 3.96. The molecule has 0 radical (unpaired) electrons. The number of hydrogen-bond acceptors (Lipinski definition) is 5. The van der Waals surface area contributed by atoms with Gasteiger partial charge in [-0.05, 0) is 51.1 Å². The molecule has 1 aromatic carbocycles. The number of nitrogens with one attached hydrogen (secondary N) is 2. The van der Waals surface area contributed by atoms with Gasteiger partial charge in [0, 0.05) is 5.69 Å². The van der Waals surface area contributed by atoms with Gasteiger partial charge in [0.25, 0.3) is 0 Å². The normalized spacial score (nSPS) is 17.8. The Morgan fingerprint density at radius 2 is 2.04 bits per heavy atom. The number of anilines is 1. The van der Waals surface area contributed by atoms with Gasteiger partial charge in [-0.2, -0.15) is 0 Å². The molecule has 1 saturated heterocycles. The lowest BCUT2D eigenvalue weighted by Gasteiger charge is -2.20. The van der Waals surface area contributed by atoms with E-state index in [-0.39, 0.29) is 29.8 Å². The van der Waals surface area contributed by atoms with Crippen LogP contribution in [0.5, 0.6) is 0 Å². The standard InChI is InChI=1S/C15H21N3O5S.ClH/c1-10-5-6-11(8-13(10)24(22,23)16-2)17-14(19)9-18-7-3-4-12(18)15(20)21;/h5-6,8,12,16H,3-4,7,9H2,1-2H3,(H,17,19)(H,20,21);1H. The molecule has 3 N–H and O–H groups in total. The van der Waals surface area contributed by atoms with E-state index in [0.717, 1.165) is 6.42 Å². The first-order valence-electron chi connectivity index (χ1n) is 7.55. The molecule has 140 valence electrons. The topological polar surface area (TPSA) is 116 Å². The summed E-state index contributed by atoms with van der Waals surface area (Å²) in [6.07, 6.45) is 1.26. The predicted octanol–water partition coefficient (Wildman–Crippen LogP) is 0.812. The monoisotopic (exact) mass is 391 g/mol. The number of nitrogens with zero attached hydrogens (tertiary/aromatic N) is 1. The number of aryl methyl sites for hydroxylation is 1. The fraction of sp³-hybridized carbons (Fsp3) is 0.467. The van der Waals surface area contributed by atoms with Crippen molar-refractivity contribution in [3.05, 3.63) is 23.8 Å². The van der Waals surface area contributed by atoms with Crippen LogP contribution in [0.1, 0.15) is 18.4 Å². The predicted molar refractivity (Wildman–Crippen MR) is 95.5 cm³/mol. The maximum absolute atomic E-state index is 12.1. The summed E-state index contributed by atoms with van der Waals surface area (Å²) in [5.74, 6) is -1.31. The molecule has 0 aromatic heterocycles. The minimum Gasteiger partial charge on any atom is -0.480 e. The Hall–Kier alpha value is -1.68. The number of carboxylic acid groups (broad SMARTS) is 1. The molecule has 25 heavy (non-hydrogen) atoms. The first-order chi connectivity index (χ1) is 11.2. The number of amides is 1. The van der Waals surface area contributed by atoms with Crippen LogP contribution >= 0.6 is 12.4 Å². The molecular formula is C15H22ClN3O5S. The Morgan fingerprint density at radius 3 is 2.64 bits per heavy atom. The fourth-order valence-electron chi connectivity index (χ4n) is 2.76. The third kappa shape index (κ3) is 5.15. The van der Waals surface area contributed by atoms with Gasteiger partial charge < -0.3 is 10.4 Å². The van der Waals surface area contributed by atoms with Crippen LogP contribution in [-0.2, 0) is 19.6 Å². The van der Waals surface area contributed by atoms with Gasteiger partial charge >= 0.3 is 5.97 Å². The smallest absolute Gasteiger partial charge is 0.320 e. The third-order valence-corrected chi connectivity index (χ3v) is 5.58. The molecule has 1 aliphatic rings. The Labute approximate surface area is 153 Å². The Bertz CT molecular complexity index is 754. The lowest BCUT2D eigenvalue weighted by molar-refractivity contribution is -0.142. The van der Waals surface area contributed by atoms with Crippen molar-refractivity contribution in [2.45, 2.75) is 30.7 Å². The molecule has 0 spiro atoms. The largest absolute Gasteiger partial charge is 0.480 e. The molecular weight excluding hydrogens is 370 g/mol. The Balaban J connectivity index is 0.00000312. The van der Waals surface area contributed by atoms with Crippen molar-refractivity contribution in [3.8, 4) is 0 Å². The number of benzene rings is 1. The van der Waals surface area contributed by atoms with Crippen LogP contribution in [0.3, 0.4) is 0 Å². The van der Waals surface area contributed by atoms with E-state index in [2.05, 4.69) is 10.0 Å². The van der Waals surface area contributed by atoms with Crippen molar-refractivity contribution in [3.63, 3.8) is 0 Å². The Morgan fingerprint density at radius 1 is 1.36 bits per heavy atom.